The minimum absolute atomic E-state index is 0.116. The molecule has 0 spiro atoms. The molecule has 17 heteroatoms. The van der Waals surface area contributed by atoms with Gasteiger partial charge < -0.3 is 15.5 Å². The highest BCUT2D eigenvalue weighted by Gasteiger charge is 2.39. The average molecular weight is 604 g/mol. The lowest BCUT2D eigenvalue weighted by atomic mass is 9.90. The number of halogens is 7. The summed E-state index contributed by atoms with van der Waals surface area (Å²) >= 11 is 5.88. The number of carbonyl (C=O) groups is 1. The number of rotatable bonds is 8. The second-order valence-corrected chi connectivity index (χ2v) is 9.42. The van der Waals surface area contributed by atoms with Crippen LogP contribution in [0.2, 0.25) is 5.02 Å². The molecule has 2 heterocycles. The maximum absolute atomic E-state index is 13.4. The van der Waals surface area contributed by atoms with Crippen molar-refractivity contribution in [3.05, 3.63) is 81.1 Å². The largest absolute Gasteiger partial charge is 0.416 e. The van der Waals surface area contributed by atoms with Crippen molar-refractivity contribution < 1.29 is 35.6 Å². The molecule has 0 saturated heterocycles. The summed E-state index contributed by atoms with van der Waals surface area (Å²) in [7, 11) is 0. The predicted octanol–water partition coefficient (Wildman–Crippen LogP) is 4.38. The molecule has 0 aliphatic rings. The Morgan fingerprint density at radius 1 is 1.05 bits per heavy atom. The highest BCUT2D eigenvalue weighted by Crippen LogP contribution is 2.35. The summed E-state index contributed by atoms with van der Waals surface area (Å²) in [6.07, 6.45) is -10.7. The zero-order chi connectivity index (χ0) is 30.2. The lowest BCUT2D eigenvalue weighted by molar-refractivity contribution is -0.138. The normalized spacial score (nSPS) is 13.7. The number of nitrogens with zero attached hydrogens (tertiary/aromatic N) is 5. The van der Waals surface area contributed by atoms with Crippen LogP contribution in [0.1, 0.15) is 30.4 Å². The Kier molecular flexibility index (Phi) is 7.89. The van der Waals surface area contributed by atoms with Crippen molar-refractivity contribution in [2.45, 2.75) is 44.3 Å². The van der Waals surface area contributed by atoms with E-state index in [2.05, 4.69) is 20.6 Å². The molecule has 4 rings (SSSR count). The summed E-state index contributed by atoms with van der Waals surface area (Å²) in [5.41, 5.74) is 1.69. The number of nitrogens with one attached hydrogen (secondary N) is 1. The number of hydrogen-bond acceptors (Lipinski definition) is 7. The maximum Gasteiger partial charge on any atom is 0.416 e. The van der Waals surface area contributed by atoms with E-state index in [-0.39, 0.29) is 22.8 Å². The monoisotopic (exact) mass is 603 g/mol. The Morgan fingerprint density at radius 2 is 1.71 bits per heavy atom. The molecule has 1 atom stereocenters. The Balaban J connectivity index is 1.70. The second kappa shape index (κ2) is 10.9. The number of amides is 1. The third-order valence-corrected chi connectivity index (χ3v) is 6.21. The van der Waals surface area contributed by atoms with E-state index < -0.39 is 60.6 Å². The molecule has 3 N–H and O–H groups in total. The van der Waals surface area contributed by atoms with Gasteiger partial charge in [0, 0.05) is 17.1 Å². The van der Waals surface area contributed by atoms with Crippen molar-refractivity contribution in [1.82, 2.24) is 29.9 Å². The third-order valence-electron chi connectivity index (χ3n) is 5.96. The minimum atomic E-state index is -4.72. The van der Waals surface area contributed by atoms with E-state index >= 15 is 0 Å². The molecule has 0 aliphatic carbocycles. The van der Waals surface area contributed by atoms with Crippen molar-refractivity contribution in [2.75, 3.05) is 5.73 Å². The lowest BCUT2D eigenvalue weighted by Gasteiger charge is -2.28. The van der Waals surface area contributed by atoms with E-state index in [1.165, 1.54) is 37.3 Å². The molecule has 0 aliphatic heterocycles. The molecule has 218 valence electrons. The number of carbonyl (C=O) groups excluding carboxylic acids is 1. The first kappa shape index (κ1) is 29.6. The van der Waals surface area contributed by atoms with Gasteiger partial charge in [0.15, 0.2) is 5.82 Å². The van der Waals surface area contributed by atoms with Gasteiger partial charge in [-0.05, 0) is 48.9 Å². The molecule has 1 unspecified atom stereocenters. The first-order valence-corrected chi connectivity index (χ1v) is 12.0. The topological polar surface area (TPSA) is 134 Å². The quantitative estimate of drug-likeness (QED) is 0.286. The average Bonchev–Trinajstić information content (AvgIpc) is 3.46. The third kappa shape index (κ3) is 6.70. The van der Waals surface area contributed by atoms with Crippen LogP contribution in [0, 0.1) is 0 Å². The number of nitrogen functional groups attached to an aromatic ring is 1. The summed E-state index contributed by atoms with van der Waals surface area (Å²) < 4.78 is 85.7. The van der Waals surface area contributed by atoms with Crippen LogP contribution in [-0.2, 0) is 29.6 Å². The summed E-state index contributed by atoms with van der Waals surface area (Å²) in [4.78, 5) is 26.2. The van der Waals surface area contributed by atoms with Crippen molar-refractivity contribution >= 4 is 23.5 Å². The van der Waals surface area contributed by atoms with Gasteiger partial charge in [-0.15, -0.1) is 10.2 Å². The Labute approximate surface area is 231 Å². The maximum atomic E-state index is 13.4. The summed E-state index contributed by atoms with van der Waals surface area (Å²) in [5.74, 6) is -1.49. The minimum Gasteiger partial charge on any atom is -0.405 e. The van der Waals surface area contributed by atoms with E-state index in [4.69, 9.17) is 21.8 Å². The number of hydrogen-bond donors (Lipinski definition) is 2. The van der Waals surface area contributed by atoms with Crippen LogP contribution in [-0.4, -0.2) is 36.6 Å². The summed E-state index contributed by atoms with van der Waals surface area (Å²) in [6.45, 7) is -0.334. The molecular weight excluding hydrogens is 584 g/mol. The number of benzene rings is 2. The molecule has 10 nitrogen and oxygen atoms in total. The fraction of sp³-hybridized carbons (Fsp3) is 0.292. The van der Waals surface area contributed by atoms with Gasteiger partial charge >= 0.3 is 24.1 Å². The number of alkyl halides is 6. The van der Waals surface area contributed by atoms with Gasteiger partial charge in [-0.3, -0.25) is 9.36 Å². The van der Waals surface area contributed by atoms with Crippen molar-refractivity contribution in [1.29, 1.82) is 0 Å². The predicted molar refractivity (Wildman–Crippen MR) is 132 cm³/mol. The first-order chi connectivity index (χ1) is 19.1. The van der Waals surface area contributed by atoms with Crippen molar-refractivity contribution in [3.63, 3.8) is 0 Å². The number of anilines is 1. The van der Waals surface area contributed by atoms with Crippen molar-refractivity contribution in [3.8, 4) is 11.4 Å². The molecule has 41 heavy (non-hydrogen) atoms. The van der Waals surface area contributed by atoms with E-state index in [1.54, 1.807) is 0 Å². The Bertz CT molecular complexity index is 1610. The highest BCUT2D eigenvalue weighted by molar-refractivity contribution is 6.30. The van der Waals surface area contributed by atoms with Gasteiger partial charge in [0.1, 0.15) is 12.1 Å². The molecule has 0 saturated carbocycles. The van der Waals surface area contributed by atoms with Gasteiger partial charge in [-0.25, -0.2) is 9.48 Å². The van der Waals surface area contributed by atoms with Crippen LogP contribution < -0.4 is 16.7 Å². The van der Waals surface area contributed by atoms with E-state index in [1.807, 2.05) is 0 Å². The van der Waals surface area contributed by atoms with Gasteiger partial charge in [0.25, 0.3) is 0 Å². The van der Waals surface area contributed by atoms with Crippen LogP contribution >= 0.6 is 11.6 Å². The molecule has 0 radical (unpaired) electrons. The zero-order valence-corrected chi connectivity index (χ0v) is 21.7. The van der Waals surface area contributed by atoms with Crippen molar-refractivity contribution in [2.24, 2.45) is 0 Å². The van der Waals surface area contributed by atoms with Crippen LogP contribution in [0.3, 0.4) is 0 Å². The molecular formula is C24H20ClF6N7O3. The smallest absolute Gasteiger partial charge is 0.405 e. The lowest BCUT2D eigenvalue weighted by Crippen LogP contribution is -2.47. The van der Waals surface area contributed by atoms with Gasteiger partial charge in [-0.2, -0.15) is 26.3 Å². The second-order valence-electron chi connectivity index (χ2n) is 8.98. The van der Waals surface area contributed by atoms with Gasteiger partial charge in [0.2, 0.25) is 11.8 Å². The SMILES string of the molecule is CC(NC(=O)Cn1nc(-c2ccc(Cl)cc2)n(CCC(F)(F)F)c1=O)(c1cccc(C(F)(F)F)c1)c1nnc(N)o1. The molecule has 2 aromatic carbocycles. The van der Waals surface area contributed by atoms with E-state index in [0.717, 1.165) is 22.8 Å². The first-order valence-electron chi connectivity index (χ1n) is 11.7. The molecule has 0 fully saturated rings. The fourth-order valence-electron chi connectivity index (χ4n) is 3.94. The zero-order valence-electron chi connectivity index (χ0n) is 20.9. The molecule has 2 aromatic heterocycles. The van der Waals surface area contributed by atoms with Gasteiger partial charge in [-0.1, -0.05) is 28.8 Å². The van der Waals surface area contributed by atoms with E-state index in [0.29, 0.717) is 9.70 Å². The summed E-state index contributed by atoms with van der Waals surface area (Å²) in [6, 6.07) is 9.28. The Morgan fingerprint density at radius 3 is 2.29 bits per heavy atom. The number of aromatic nitrogens is 5. The molecule has 4 aromatic rings. The number of nitrogens with two attached hydrogens (primary N) is 1. The van der Waals surface area contributed by atoms with Gasteiger partial charge in [0.05, 0.1) is 12.0 Å². The van der Waals surface area contributed by atoms with Crippen LogP contribution in [0.25, 0.3) is 11.4 Å². The summed E-state index contributed by atoms with van der Waals surface area (Å²) in [5, 5.41) is 14.0. The fourth-order valence-corrected chi connectivity index (χ4v) is 4.07. The van der Waals surface area contributed by atoms with Crippen LogP contribution in [0.5, 0.6) is 0 Å². The van der Waals surface area contributed by atoms with Crippen LogP contribution in [0.4, 0.5) is 32.4 Å². The highest BCUT2D eigenvalue weighted by atomic mass is 35.5. The van der Waals surface area contributed by atoms with E-state index in [9.17, 15) is 35.9 Å². The Hall–Kier alpha value is -4.34. The standard InChI is InChI=1S/C24H20ClF6N7O3/c1-22(19-34-35-20(32)41-19,14-3-2-4-15(11-14)24(29,30)31)33-17(39)12-38-21(40)37(10-9-23(26,27)28)18(36-38)13-5-7-16(25)8-6-13/h2-8,11H,9-10,12H2,1H3,(H2,32,35)(H,33,39). The molecule has 1 amide bonds. The van der Waals surface area contributed by atoms with Crippen LogP contribution in [0.15, 0.2) is 57.7 Å². The molecule has 0 bridgehead atoms.